The number of nitrogens with zero attached hydrogens (tertiary/aromatic N) is 1. The van der Waals surface area contributed by atoms with Crippen molar-refractivity contribution in [2.75, 3.05) is 29.9 Å². The molecule has 0 unspecified atom stereocenters. The summed E-state index contributed by atoms with van der Waals surface area (Å²) in [6.45, 7) is 1.55. The molecule has 1 heterocycles. The molecule has 20 heavy (non-hydrogen) atoms. The van der Waals surface area contributed by atoms with Crippen molar-refractivity contribution in [2.24, 2.45) is 0 Å². The van der Waals surface area contributed by atoms with Crippen LogP contribution in [0.2, 0.25) is 0 Å². The van der Waals surface area contributed by atoms with Gasteiger partial charge in [0, 0.05) is 36.7 Å². The summed E-state index contributed by atoms with van der Waals surface area (Å²) in [4.78, 5) is 24.4. The lowest BCUT2D eigenvalue weighted by Crippen LogP contribution is -2.40. The number of thioether (sulfide) groups is 1. The van der Waals surface area contributed by atoms with Crippen LogP contribution >= 0.6 is 11.8 Å². The van der Waals surface area contributed by atoms with Gasteiger partial charge in [0.05, 0.1) is 0 Å². The van der Waals surface area contributed by atoms with E-state index in [0.717, 1.165) is 35.8 Å². The van der Waals surface area contributed by atoms with Gasteiger partial charge in [-0.25, -0.2) is 4.79 Å². The van der Waals surface area contributed by atoms with Gasteiger partial charge in [-0.15, -0.1) is 0 Å². The van der Waals surface area contributed by atoms with Crippen LogP contribution in [0.25, 0.3) is 0 Å². The molecule has 0 aromatic heterocycles. The van der Waals surface area contributed by atoms with Crippen molar-refractivity contribution in [3.05, 3.63) is 29.8 Å². The van der Waals surface area contributed by atoms with Gasteiger partial charge in [0.2, 0.25) is 0 Å². The van der Waals surface area contributed by atoms with E-state index >= 15 is 0 Å². The van der Waals surface area contributed by atoms with Gasteiger partial charge < -0.3 is 15.3 Å². The lowest BCUT2D eigenvalue weighted by molar-refractivity contribution is -0.136. The second-order valence-corrected chi connectivity index (χ2v) is 5.85. The Labute approximate surface area is 122 Å². The van der Waals surface area contributed by atoms with E-state index in [9.17, 15) is 9.59 Å². The maximum atomic E-state index is 12.1. The number of hydrogen-bond acceptors (Lipinski definition) is 3. The van der Waals surface area contributed by atoms with Crippen LogP contribution in [-0.4, -0.2) is 46.6 Å². The molecule has 1 aromatic carbocycles. The van der Waals surface area contributed by atoms with Crippen molar-refractivity contribution in [2.45, 2.75) is 12.8 Å². The molecule has 1 aliphatic heterocycles. The lowest BCUT2D eigenvalue weighted by atomic mass is 10.1. The van der Waals surface area contributed by atoms with E-state index in [1.54, 1.807) is 4.90 Å². The molecule has 6 heteroatoms. The second kappa shape index (κ2) is 7.19. The number of carbonyl (C=O) groups is 2. The highest BCUT2D eigenvalue weighted by Gasteiger charge is 2.16. The molecule has 2 amide bonds. The van der Waals surface area contributed by atoms with Gasteiger partial charge in [-0.2, -0.15) is 11.8 Å². The number of anilines is 1. The Bertz CT molecular complexity index is 487. The Morgan fingerprint density at radius 2 is 2.05 bits per heavy atom. The first-order valence-electron chi connectivity index (χ1n) is 6.59. The number of carbonyl (C=O) groups excluding carboxylic acids is 1. The summed E-state index contributed by atoms with van der Waals surface area (Å²) in [5.41, 5.74) is 1.63. The first kappa shape index (κ1) is 14.7. The Kier molecular flexibility index (Phi) is 5.29. The predicted octanol–water partition coefficient (Wildman–Crippen LogP) is 2.28. The van der Waals surface area contributed by atoms with Crippen molar-refractivity contribution in [3.63, 3.8) is 0 Å². The third-order valence-corrected chi connectivity index (χ3v) is 4.05. The molecule has 1 fully saturated rings. The van der Waals surface area contributed by atoms with Gasteiger partial charge in [-0.05, 0) is 24.1 Å². The van der Waals surface area contributed by atoms with Crippen molar-refractivity contribution < 1.29 is 14.7 Å². The van der Waals surface area contributed by atoms with Crippen LogP contribution in [0.3, 0.4) is 0 Å². The van der Waals surface area contributed by atoms with E-state index in [1.807, 2.05) is 36.0 Å². The highest BCUT2D eigenvalue weighted by atomic mass is 32.2. The van der Waals surface area contributed by atoms with E-state index < -0.39 is 5.97 Å². The molecule has 1 saturated heterocycles. The molecule has 1 aromatic rings. The fourth-order valence-electron chi connectivity index (χ4n) is 2.02. The number of aliphatic carboxylic acids is 1. The molecule has 0 radical (unpaired) electrons. The normalized spacial score (nSPS) is 14.9. The zero-order valence-electron chi connectivity index (χ0n) is 11.2. The van der Waals surface area contributed by atoms with Gasteiger partial charge in [0.1, 0.15) is 0 Å². The minimum atomic E-state index is -0.815. The van der Waals surface area contributed by atoms with Gasteiger partial charge in [0.25, 0.3) is 0 Å². The Hall–Kier alpha value is -1.69. The maximum Gasteiger partial charge on any atom is 0.321 e. The number of carboxylic acid groups (broad SMARTS) is 1. The van der Waals surface area contributed by atoms with Crippen molar-refractivity contribution in [3.8, 4) is 0 Å². The number of urea groups is 1. The molecule has 1 aliphatic rings. The third-order valence-electron chi connectivity index (χ3n) is 3.10. The molecular weight excluding hydrogens is 276 g/mol. The van der Waals surface area contributed by atoms with Crippen LogP contribution < -0.4 is 5.32 Å². The van der Waals surface area contributed by atoms with Crippen LogP contribution in [0, 0.1) is 0 Å². The first-order valence-corrected chi connectivity index (χ1v) is 7.75. The Balaban J connectivity index is 1.93. The number of nitrogens with one attached hydrogen (secondary N) is 1. The summed E-state index contributed by atoms with van der Waals surface area (Å²) in [7, 11) is 0. The number of rotatable bonds is 4. The number of carboxylic acids is 1. The second-order valence-electron chi connectivity index (χ2n) is 4.62. The molecule has 0 bridgehead atoms. The van der Waals surface area contributed by atoms with Crippen LogP contribution in [0.15, 0.2) is 24.3 Å². The molecule has 0 atom stereocenters. The van der Waals surface area contributed by atoms with E-state index in [0.29, 0.717) is 6.42 Å². The zero-order valence-corrected chi connectivity index (χ0v) is 12.0. The quantitative estimate of drug-likeness (QED) is 0.894. The van der Waals surface area contributed by atoms with Crippen molar-refractivity contribution >= 4 is 29.4 Å². The zero-order chi connectivity index (χ0) is 14.4. The molecule has 5 nitrogen and oxygen atoms in total. The van der Waals surface area contributed by atoms with Gasteiger partial charge in [0.15, 0.2) is 0 Å². The summed E-state index contributed by atoms with van der Waals surface area (Å²) in [5, 5.41) is 11.6. The largest absolute Gasteiger partial charge is 0.481 e. The molecular formula is C14H18N2O3S. The first-order chi connectivity index (χ1) is 9.65. The number of aryl methyl sites for hydroxylation is 1. The molecule has 2 N–H and O–H groups in total. The number of amides is 2. The maximum absolute atomic E-state index is 12.1. The van der Waals surface area contributed by atoms with Gasteiger partial charge in [-0.1, -0.05) is 12.1 Å². The summed E-state index contributed by atoms with van der Waals surface area (Å²) < 4.78 is 0. The van der Waals surface area contributed by atoms with Crippen molar-refractivity contribution in [1.29, 1.82) is 0 Å². The van der Waals surface area contributed by atoms with Crippen LogP contribution in [0.1, 0.15) is 12.0 Å². The summed E-state index contributed by atoms with van der Waals surface area (Å²) in [6, 6.07) is 7.27. The smallest absolute Gasteiger partial charge is 0.321 e. The highest BCUT2D eigenvalue weighted by molar-refractivity contribution is 7.99. The topological polar surface area (TPSA) is 69.6 Å². The fraction of sp³-hybridized carbons (Fsp3) is 0.429. The minimum absolute atomic E-state index is 0.0827. The molecule has 0 saturated carbocycles. The van der Waals surface area contributed by atoms with E-state index in [4.69, 9.17) is 5.11 Å². The van der Waals surface area contributed by atoms with Crippen molar-refractivity contribution in [1.82, 2.24) is 4.90 Å². The Morgan fingerprint density at radius 3 is 2.75 bits per heavy atom. The summed E-state index contributed by atoms with van der Waals surface area (Å²) in [5.74, 6) is 1.14. The van der Waals surface area contributed by atoms with E-state index in [-0.39, 0.29) is 12.5 Å². The van der Waals surface area contributed by atoms with E-state index in [2.05, 4.69) is 5.32 Å². The van der Waals surface area contributed by atoms with E-state index in [1.165, 1.54) is 0 Å². The average molecular weight is 294 g/mol. The predicted molar refractivity (Wildman–Crippen MR) is 80.3 cm³/mol. The van der Waals surface area contributed by atoms with Crippen LogP contribution in [0.5, 0.6) is 0 Å². The lowest BCUT2D eigenvalue weighted by Gasteiger charge is -2.26. The molecule has 2 rings (SSSR count). The molecule has 0 aliphatic carbocycles. The SMILES string of the molecule is O=C(O)CCc1cccc(NC(=O)N2CCSCC2)c1. The van der Waals surface area contributed by atoms with Gasteiger partial charge >= 0.3 is 12.0 Å². The highest BCUT2D eigenvalue weighted by Crippen LogP contribution is 2.15. The third kappa shape index (κ3) is 4.45. The van der Waals surface area contributed by atoms with Gasteiger partial charge in [-0.3, -0.25) is 4.79 Å². The summed E-state index contributed by atoms with van der Waals surface area (Å²) in [6.07, 6.45) is 0.570. The monoisotopic (exact) mass is 294 g/mol. The minimum Gasteiger partial charge on any atom is -0.481 e. The average Bonchev–Trinajstić information content (AvgIpc) is 2.46. The standard InChI is InChI=1S/C14H18N2O3S/c17-13(18)5-4-11-2-1-3-12(10-11)15-14(19)16-6-8-20-9-7-16/h1-3,10H,4-9H2,(H,15,19)(H,17,18). The van der Waals surface area contributed by atoms with Crippen LogP contribution in [-0.2, 0) is 11.2 Å². The Morgan fingerprint density at radius 1 is 1.30 bits per heavy atom. The summed E-state index contributed by atoms with van der Waals surface area (Å²) >= 11 is 1.86. The number of benzene rings is 1. The van der Waals surface area contributed by atoms with Crippen LogP contribution in [0.4, 0.5) is 10.5 Å². The molecule has 0 spiro atoms. The fourth-order valence-corrected chi connectivity index (χ4v) is 2.93. The molecule has 108 valence electrons. The number of hydrogen-bond donors (Lipinski definition) is 2.